The van der Waals surface area contributed by atoms with Crippen molar-refractivity contribution in [2.24, 2.45) is 12.0 Å². The van der Waals surface area contributed by atoms with Gasteiger partial charge in [0.15, 0.2) is 16.3 Å². The lowest BCUT2D eigenvalue weighted by atomic mass is 10.3. The van der Waals surface area contributed by atoms with Crippen LogP contribution in [0.1, 0.15) is 10.5 Å². The van der Waals surface area contributed by atoms with E-state index in [0.717, 1.165) is 15.7 Å². The summed E-state index contributed by atoms with van der Waals surface area (Å²) in [5, 5.41) is 0. The summed E-state index contributed by atoms with van der Waals surface area (Å²) in [6, 6.07) is 11.3. The number of carbonyl (C=O) groups excluding carboxylic acids is 1. The van der Waals surface area contributed by atoms with Crippen molar-refractivity contribution >= 4 is 38.5 Å². The number of carbonyl (C=O) groups is 1. The molecule has 27 heavy (non-hydrogen) atoms. The molecular weight excluding hydrogens is 364 g/mol. The van der Waals surface area contributed by atoms with E-state index < -0.39 is 5.91 Å². The minimum Gasteiger partial charge on any atom is -0.486 e. The zero-order valence-electron chi connectivity index (χ0n) is 14.4. The molecule has 0 aliphatic carbocycles. The van der Waals surface area contributed by atoms with E-state index in [9.17, 15) is 4.79 Å². The summed E-state index contributed by atoms with van der Waals surface area (Å²) in [5.74, 6) is 1.00. The number of rotatable bonds is 1. The number of benzene rings is 2. The molecular formula is C19H14N4O3S. The van der Waals surface area contributed by atoms with Gasteiger partial charge >= 0.3 is 0 Å². The van der Waals surface area contributed by atoms with E-state index >= 15 is 0 Å². The summed E-state index contributed by atoms with van der Waals surface area (Å²) in [4.78, 5) is 26.1. The number of hydrogen-bond donors (Lipinski definition) is 0. The average Bonchev–Trinajstić information content (AvgIpc) is 3.00. The highest BCUT2D eigenvalue weighted by atomic mass is 32.1. The molecule has 0 saturated heterocycles. The van der Waals surface area contributed by atoms with Crippen molar-refractivity contribution < 1.29 is 14.3 Å². The second kappa shape index (κ2) is 6.17. The number of amides is 1. The monoisotopic (exact) mass is 378 g/mol. The molecule has 0 radical (unpaired) electrons. The van der Waals surface area contributed by atoms with Gasteiger partial charge in [0.25, 0.3) is 5.91 Å². The number of aromatic nitrogens is 3. The third-order valence-electron chi connectivity index (χ3n) is 4.34. The second-order valence-electron chi connectivity index (χ2n) is 6.07. The van der Waals surface area contributed by atoms with Crippen molar-refractivity contribution in [2.45, 2.75) is 0 Å². The Kier molecular flexibility index (Phi) is 3.64. The van der Waals surface area contributed by atoms with Crippen molar-refractivity contribution in [3.8, 4) is 11.5 Å². The summed E-state index contributed by atoms with van der Waals surface area (Å²) in [7, 11) is 1.87. The van der Waals surface area contributed by atoms with E-state index in [1.807, 2.05) is 48.0 Å². The first-order valence-corrected chi connectivity index (χ1v) is 9.21. The maximum absolute atomic E-state index is 12.6. The van der Waals surface area contributed by atoms with Crippen LogP contribution in [-0.4, -0.2) is 33.7 Å². The molecule has 5 rings (SSSR count). The Morgan fingerprint density at radius 3 is 2.70 bits per heavy atom. The van der Waals surface area contributed by atoms with Crippen molar-refractivity contribution in [1.82, 2.24) is 14.5 Å². The van der Waals surface area contributed by atoms with Crippen LogP contribution in [0.5, 0.6) is 11.5 Å². The first kappa shape index (κ1) is 16.0. The predicted molar refractivity (Wildman–Crippen MR) is 101 cm³/mol. The Bertz CT molecular complexity index is 1280. The lowest BCUT2D eigenvalue weighted by Gasteiger charge is -2.18. The fraction of sp³-hybridized carbons (Fsp3) is 0.158. The van der Waals surface area contributed by atoms with Crippen LogP contribution >= 0.6 is 11.3 Å². The zero-order chi connectivity index (χ0) is 18.4. The van der Waals surface area contributed by atoms with Crippen LogP contribution in [0.4, 0.5) is 0 Å². The Hall–Kier alpha value is -3.26. The van der Waals surface area contributed by atoms with Crippen molar-refractivity contribution in [2.75, 3.05) is 13.2 Å². The second-order valence-corrected chi connectivity index (χ2v) is 7.08. The maximum Gasteiger partial charge on any atom is 0.299 e. The lowest BCUT2D eigenvalue weighted by molar-refractivity contribution is 0.0993. The van der Waals surface area contributed by atoms with Gasteiger partial charge in [-0.1, -0.05) is 23.5 Å². The first-order chi connectivity index (χ1) is 13.2. The van der Waals surface area contributed by atoms with Crippen LogP contribution in [0.25, 0.3) is 21.3 Å². The molecule has 0 fully saturated rings. The predicted octanol–water partition coefficient (Wildman–Crippen LogP) is 2.70. The topological polar surface area (TPSA) is 78.6 Å². The van der Waals surface area contributed by atoms with Gasteiger partial charge in [0.2, 0.25) is 0 Å². The van der Waals surface area contributed by atoms with Crippen LogP contribution in [0.15, 0.2) is 47.6 Å². The molecule has 0 bridgehead atoms. The molecule has 1 amide bonds. The van der Waals surface area contributed by atoms with Crippen molar-refractivity contribution in [3.05, 3.63) is 53.1 Å². The number of nitrogens with zero attached hydrogens (tertiary/aromatic N) is 4. The highest BCUT2D eigenvalue weighted by Gasteiger charge is 2.16. The van der Waals surface area contributed by atoms with Crippen LogP contribution in [0.3, 0.4) is 0 Å². The highest BCUT2D eigenvalue weighted by molar-refractivity contribution is 7.16. The number of thiazole rings is 1. The molecule has 8 heteroatoms. The van der Waals surface area contributed by atoms with Gasteiger partial charge in [-0.15, -0.1) is 0 Å². The van der Waals surface area contributed by atoms with Crippen molar-refractivity contribution in [3.63, 3.8) is 0 Å². The quantitative estimate of drug-likeness (QED) is 0.509. The van der Waals surface area contributed by atoms with Crippen LogP contribution < -0.4 is 14.3 Å². The van der Waals surface area contributed by atoms with E-state index in [4.69, 9.17) is 9.47 Å². The van der Waals surface area contributed by atoms with Gasteiger partial charge < -0.3 is 14.0 Å². The minimum atomic E-state index is -0.423. The smallest absolute Gasteiger partial charge is 0.299 e. The molecule has 0 unspecified atom stereocenters. The van der Waals surface area contributed by atoms with Gasteiger partial charge in [-0.25, -0.2) is 4.98 Å². The van der Waals surface area contributed by atoms with E-state index in [1.165, 1.54) is 17.5 Å². The summed E-state index contributed by atoms with van der Waals surface area (Å²) >= 11 is 1.42. The molecule has 0 N–H and O–H groups in total. The fourth-order valence-corrected chi connectivity index (χ4v) is 4.00. The first-order valence-electron chi connectivity index (χ1n) is 8.39. The lowest BCUT2D eigenvalue weighted by Crippen LogP contribution is -2.16. The standard InChI is InChI=1S/C19H14N4O3S/c1-23-14-8-15-16(26-7-6-25-15)9-17(14)27-19(23)22-18(24)13-10-20-11-4-2-3-5-12(11)21-13/h2-5,8-10H,6-7H2,1H3. The normalized spacial score (nSPS) is 14.0. The summed E-state index contributed by atoms with van der Waals surface area (Å²) < 4.78 is 14.1. The van der Waals surface area contributed by atoms with Gasteiger partial charge in [0, 0.05) is 19.2 Å². The van der Waals surface area contributed by atoms with E-state index in [-0.39, 0.29) is 5.69 Å². The molecule has 3 heterocycles. The molecule has 0 spiro atoms. The fourth-order valence-electron chi connectivity index (χ4n) is 2.98. The van der Waals surface area contributed by atoms with E-state index in [0.29, 0.717) is 35.0 Å². The zero-order valence-corrected chi connectivity index (χ0v) is 15.2. The van der Waals surface area contributed by atoms with Gasteiger partial charge in [0.1, 0.15) is 18.9 Å². The Labute approximate surface area is 157 Å². The number of ether oxygens (including phenoxy) is 2. The van der Waals surface area contributed by atoms with E-state index in [2.05, 4.69) is 15.0 Å². The Morgan fingerprint density at radius 1 is 1.15 bits per heavy atom. The van der Waals surface area contributed by atoms with Gasteiger partial charge in [0.05, 0.1) is 27.4 Å². The van der Waals surface area contributed by atoms with E-state index in [1.54, 1.807) is 0 Å². The minimum absolute atomic E-state index is 0.220. The number of hydrogen-bond acceptors (Lipinski definition) is 6. The number of fused-ring (bicyclic) bond motifs is 3. The highest BCUT2D eigenvalue weighted by Crippen LogP contribution is 2.35. The molecule has 0 atom stereocenters. The SMILES string of the molecule is Cn1c(=NC(=O)c2cnc3ccccc3n2)sc2cc3c(cc21)OCCO3. The largest absolute Gasteiger partial charge is 0.486 e. The summed E-state index contributed by atoms with van der Waals surface area (Å²) in [6.45, 7) is 1.06. The maximum atomic E-state index is 12.6. The molecule has 1 aliphatic rings. The third-order valence-corrected chi connectivity index (χ3v) is 5.43. The molecule has 2 aromatic carbocycles. The molecule has 134 valence electrons. The molecule has 7 nitrogen and oxygen atoms in total. The van der Waals surface area contributed by atoms with Crippen LogP contribution in [0.2, 0.25) is 0 Å². The number of para-hydroxylation sites is 2. The summed E-state index contributed by atoms with van der Waals surface area (Å²) in [6.07, 6.45) is 1.46. The van der Waals surface area contributed by atoms with Gasteiger partial charge in [-0.3, -0.25) is 9.78 Å². The summed E-state index contributed by atoms with van der Waals surface area (Å²) in [5.41, 5.74) is 2.56. The Morgan fingerprint density at radius 2 is 1.89 bits per heavy atom. The average molecular weight is 378 g/mol. The molecule has 4 aromatic rings. The Balaban J connectivity index is 1.59. The molecule has 1 aliphatic heterocycles. The van der Waals surface area contributed by atoms with Gasteiger partial charge in [-0.2, -0.15) is 4.99 Å². The third kappa shape index (κ3) is 2.74. The molecule has 2 aromatic heterocycles. The van der Waals surface area contributed by atoms with Gasteiger partial charge in [-0.05, 0) is 12.1 Å². The van der Waals surface area contributed by atoms with Crippen molar-refractivity contribution in [1.29, 1.82) is 0 Å². The molecule has 0 saturated carbocycles. The van der Waals surface area contributed by atoms with Crippen LogP contribution in [0, 0.1) is 0 Å². The van der Waals surface area contributed by atoms with Crippen LogP contribution in [-0.2, 0) is 7.05 Å². The number of aryl methyl sites for hydroxylation is 1.